The van der Waals surface area contributed by atoms with Crippen LogP contribution in [0.3, 0.4) is 0 Å². The number of ether oxygens (including phenoxy) is 1. The molecule has 0 radical (unpaired) electrons. The Morgan fingerprint density at radius 2 is 1.58 bits per heavy atom. The SMILES string of the molecule is C[C@H]1CN(C(=O)CN2C(=O)C(=O)N(Cc3ccccc3)C2=O)C[C@H](C)O1. The monoisotopic (exact) mass is 359 g/mol. The number of benzene rings is 1. The molecule has 0 bridgehead atoms. The van der Waals surface area contributed by atoms with Gasteiger partial charge in [0.15, 0.2) is 0 Å². The maximum atomic E-state index is 12.5. The van der Waals surface area contributed by atoms with E-state index in [0.29, 0.717) is 13.1 Å². The third kappa shape index (κ3) is 3.60. The highest BCUT2D eigenvalue weighted by molar-refractivity contribution is 6.44. The van der Waals surface area contributed by atoms with Gasteiger partial charge in [-0.05, 0) is 19.4 Å². The Kier molecular flexibility index (Phi) is 5.03. The highest BCUT2D eigenvalue weighted by Crippen LogP contribution is 2.17. The van der Waals surface area contributed by atoms with Crippen molar-refractivity contribution >= 4 is 23.8 Å². The molecule has 0 unspecified atom stereocenters. The molecule has 1 aromatic rings. The minimum Gasteiger partial charge on any atom is -0.372 e. The summed E-state index contributed by atoms with van der Waals surface area (Å²) in [5, 5.41) is 0. The van der Waals surface area contributed by atoms with Crippen molar-refractivity contribution in [3.05, 3.63) is 35.9 Å². The van der Waals surface area contributed by atoms with E-state index in [1.807, 2.05) is 19.9 Å². The molecule has 2 aliphatic rings. The largest absolute Gasteiger partial charge is 0.372 e. The first-order chi connectivity index (χ1) is 12.4. The molecule has 5 amide bonds. The van der Waals surface area contributed by atoms with Crippen LogP contribution in [0.25, 0.3) is 0 Å². The van der Waals surface area contributed by atoms with E-state index in [2.05, 4.69) is 0 Å². The second-order valence-corrected chi connectivity index (χ2v) is 6.61. The topological polar surface area (TPSA) is 87.2 Å². The Bertz CT molecular complexity index is 726. The van der Waals surface area contributed by atoms with Crippen LogP contribution in [0.4, 0.5) is 4.79 Å². The summed E-state index contributed by atoms with van der Waals surface area (Å²) in [7, 11) is 0. The number of nitrogens with zero attached hydrogens (tertiary/aromatic N) is 3. The van der Waals surface area contributed by atoms with E-state index < -0.39 is 24.4 Å². The quantitative estimate of drug-likeness (QED) is 0.581. The molecule has 2 saturated heterocycles. The summed E-state index contributed by atoms with van der Waals surface area (Å²) < 4.78 is 5.58. The van der Waals surface area contributed by atoms with Crippen molar-refractivity contribution in [3.8, 4) is 0 Å². The molecule has 138 valence electrons. The predicted molar refractivity (Wildman–Crippen MR) is 90.7 cm³/mol. The number of hydrogen-bond acceptors (Lipinski definition) is 5. The first-order valence-corrected chi connectivity index (χ1v) is 8.51. The molecule has 0 aliphatic carbocycles. The minimum atomic E-state index is -0.964. The maximum Gasteiger partial charge on any atom is 0.335 e. The highest BCUT2D eigenvalue weighted by atomic mass is 16.5. The van der Waals surface area contributed by atoms with E-state index >= 15 is 0 Å². The van der Waals surface area contributed by atoms with Crippen molar-refractivity contribution < 1.29 is 23.9 Å². The zero-order valence-corrected chi connectivity index (χ0v) is 14.8. The fourth-order valence-electron chi connectivity index (χ4n) is 3.21. The van der Waals surface area contributed by atoms with Crippen molar-refractivity contribution in [2.24, 2.45) is 0 Å². The minimum absolute atomic E-state index is 0.000555. The summed E-state index contributed by atoms with van der Waals surface area (Å²) in [5.41, 5.74) is 0.728. The van der Waals surface area contributed by atoms with E-state index in [1.165, 1.54) is 0 Å². The number of hydrogen-bond donors (Lipinski definition) is 0. The van der Waals surface area contributed by atoms with Gasteiger partial charge in [0.2, 0.25) is 5.91 Å². The summed E-state index contributed by atoms with van der Waals surface area (Å²) >= 11 is 0. The van der Waals surface area contributed by atoms with Crippen LogP contribution in [0.2, 0.25) is 0 Å². The molecule has 8 heteroatoms. The molecule has 2 atom stereocenters. The average Bonchev–Trinajstić information content (AvgIpc) is 2.80. The van der Waals surface area contributed by atoms with Crippen molar-refractivity contribution in [1.29, 1.82) is 0 Å². The fourth-order valence-corrected chi connectivity index (χ4v) is 3.21. The zero-order valence-electron chi connectivity index (χ0n) is 14.8. The molecule has 2 fully saturated rings. The van der Waals surface area contributed by atoms with Crippen molar-refractivity contribution in [2.45, 2.75) is 32.6 Å². The smallest absolute Gasteiger partial charge is 0.335 e. The lowest BCUT2D eigenvalue weighted by Gasteiger charge is -2.35. The summed E-state index contributed by atoms with van der Waals surface area (Å²) in [6.07, 6.45) is -0.243. The fraction of sp³-hybridized carbons (Fsp3) is 0.444. The number of imide groups is 2. The Morgan fingerprint density at radius 1 is 1.00 bits per heavy atom. The van der Waals surface area contributed by atoms with E-state index in [0.717, 1.165) is 15.4 Å². The van der Waals surface area contributed by atoms with Gasteiger partial charge in [-0.2, -0.15) is 0 Å². The molecule has 8 nitrogen and oxygen atoms in total. The lowest BCUT2D eigenvalue weighted by molar-refractivity contribution is -0.148. The molecule has 3 rings (SSSR count). The van der Waals surface area contributed by atoms with Gasteiger partial charge < -0.3 is 9.64 Å². The van der Waals surface area contributed by atoms with Crippen LogP contribution in [0.5, 0.6) is 0 Å². The first kappa shape index (κ1) is 18.1. The average molecular weight is 359 g/mol. The number of morpholine rings is 1. The van der Waals surface area contributed by atoms with Gasteiger partial charge in [-0.3, -0.25) is 19.3 Å². The normalized spacial score (nSPS) is 23.8. The van der Waals surface area contributed by atoms with Gasteiger partial charge in [0.25, 0.3) is 0 Å². The van der Waals surface area contributed by atoms with Gasteiger partial charge in [-0.25, -0.2) is 9.69 Å². The number of carbonyl (C=O) groups excluding carboxylic acids is 4. The zero-order chi connectivity index (χ0) is 18.8. The Balaban J connectivity index is 1.68. The lowest BCUT2D eigenvalue weighted by Crippen LogP contribution is -2.51. The van der Waals surface area contributed by atoms with Crippen LogP contribution in [0.1, 0.15) is 19.4 Å². The van der Waals surface area contributed by atoms with Crippen molar-refractivity contribution in [3.63, 3.8) is 0 Å². The Morgan fingerprint density at radius 3 is 2.19 bits per heavy atom. The first-order valence-electron chi connectivity index (χ1n) is 8.51. The van der Waals surface area contributed by atoms with Crippen molar-refractivity contribution in [1.82, 2.24) is 14.7 Å². The standard InChI is InChI=1S/C18H21N3O5/c1-12-8-19(9-13(2)26-12)15(22)11-21-17(24)16(23)20(18(21)25)10-14-6-4-3-5-7-14/h3-7,12-13H,8-11H2,1-2H3/t12-,13-/m0/s1. The van der Waals surface area contributed by atoms with Crippen LogP contribution < -0.4 is 0 Å². The van der Waals surface area contributed by atoms with E-state index in [9.17, 15) is 19.2 Å². The van der Waals surface area contributed by atoms with E-state index in [1.54, 1.807) is 29.2 Å². The summed E-state index contributed by atoms with van der Waals surface area (Å²) in [6, 6.07) is 8.14. The molecule has 2 heterocycles. The lowest BCUT2D eigenvalue weighted by atomic mass is 10.2. The van der Waals surface area contributed by atoms with E-state index in [4.69, 9.17) is 4.74 Å². The Hall–Kier alpha value is -2.74. The van der Waals surface area contributed by atoms with Crippen LogP contribution in [0.15, 0.2) is 30.3 Å². The molecule has 2 aliphatic heterocycles. The molecule has 0 N–H and O–H groups in total. The molecule has 0 aromatic heterocycles. The summed E-state index contributed by atoms with van der Waals surface area (Å²) in [6.45, 7) is 4.05. The van der Waals surface area contributed by atoms with Gasteiger partial charge in [0.1, 0.15) is 6.54 Å². The van der Waals surface area contributed by atoms with Crippen LogP contribution in [0, 0.1) is 0 Å². The second kappa shape index (κ2) is 7.25. The molecule has 26 heavy (non-hydrogen) atoms. The highest BCUT2D eigenvalue weighted by Gasteiger charge is 2.45. The Labute approximate surface area is 151 Å². The van der Waals surface area contributed by atoms with Gasteiger partial charge in [0.05, 0.1) is 18.8 Å². The van der Waals surface area contributed by atoms with Gasteiger partial charge in [-0.15, -0.1) is 0 Å². The molecular formula is C18H21N3O5. The maximum absolute atomic E-state index is 12.5. The van der Waals surface area contributed by atoms with Crippen LogP contribution in [-0.2, 0) is 25.7 Å². The number of urea groups is 1. The van der Waals surface area contributed by atoms with E-state index in [-0.39, 0.29) is 24.7 Å². The molecular weight excluding hydrogens is 338 g/mol. The number of carbonyl (C=O) groups is 4. The van der Waals surface area contributed by atoms with Gasteiger partial charge >= 0.3 is 17.8 Å². The summed E-state index contributed by atoms with van der Waals surface area (Å²) in [5.74, 6) is -2.24. The van der Waals surface area contributed by atoms with Crippen LogP contribution in [-0.4, -0.2) is 70.3 Å². The third-order valence-corrected chi connectivity index (χ3v) is 4.38. The molecule has 0 saturated carbocycles. The third-order valence-electron chi connectivity index (χ3n) is 4.38. The second-order valence-electron chi connectivity index (χ2n) is 6.61. The number of rotatable bonds is 4. The number of amides is 5. The summed E-state index contributed by atoms with van der Waals surface area (Å²) in [4.78, 5) is 52.5. The predicted octanol–water partition coefficient (Wildman–Crippen LogP) is 0.613. The van der Waals surface area contributed by atoms with Crippen LogP contribution >= 0.6 is 0 Å². The van der Waals surface area contributed by atoms with Crippen molar-refractivity contribution in [2.75, 3.05) is 19.6 Å². The van der Waals surface area contributed by atoms with Gasteiger partial charge in [-0.1, -0.05) is 30.3 Å². The van der Waals surface area contributed by atoms with Gasteiger partial charge in [0, 0.05) is 13.1 Å². The molecule has 1 aromatic carbocycles. The molecule has 0 spiro atoms.